The van der Waals surface area contributed by atoms with Crippen LogP contribution in [0.15, 0.2) is 0 Å². The fourth-order valence-corrected chi connectivity index (χ4v) is 1.50. The normalized spacial score (nSPS) is 8.73. The molecular formula is C14H34N2O6. The quantitative estimate of drug-likeness (QED) is 0.432. The highest BCUT2D eigenvalue weighted by molar-refractivity contribution is 5.50. The van der Waals surface area contributed by atoms with Crippen molar-refractivity contribution in [2.24, 2.45) is 0 Å². The van der Waals surface area contributed by atoms with Crippen molar-refractivity contribution >= 4 is 12.3 Å². The van der Waals surface area contributed by atoms with Gasteiger partial charge < -0.3 is 39.8 Å². The maximum absolute atomic E-state index is 8.44. The zero-order valence-electron chi connectivity index (χ0n) is 14.8. The first kappa shape index (κ1) is 28.6. The van der Waals surface area contributed by atoms with Crippen LogP contribution in [0.25, 0.3) is 0 Å². The van der Waals surface area contributed by atoms with Crippen LogP contribution in [0.3, 0.4) is 0 Å². The molecule has 0 spiro atoms. The number of hydrogen-bond donors (Lipinski definition) is 4. The first-order valence-corrected chi connectivity index (χ1v) is 7.63. The fraction of sp³-hybridized carbons (Fsp3) is 0.857. The first-order chi connectivity index (χ1) is 10.2. The van der Waals surface area contributed by atoms with Gasteiger partial charge in [0.05, 0.1) is 39.3 Å². The Labute approximate surface area is 134 Å². The molecule has 0 aromatic heterocycles. The Morgan fingerprint density at radius 3 is 0.727 bits per heavy atom. The van der Waals surface area contributed by atoms with Gasteiger partial charge in [-0.3, -0.25) is 0 Å². The standard InChI is InChI=1S/2C6H15N.2CH2O3/c2*1-4-7(5-2)6-3;2*2-1(3)4/h2*4-6H2,1-3H3;2*(H2,2,3,4). The molecule has 8 nitrogen and oxygen atoms in total. The number of nitrogens with one attached hydrogen (secondary N) is 2. The molecule has 4 N–H and O–H groups in total. The monoisotopic (exact) mass is 326 g/mol. The predicted octanol–water partition coefficient (Wildman–Crippen LogP) is -2.36. The summed E-state index contributed by atoms with van der Waals surface area (Å²) in [6.45, 7) is 21.0. The second-order valence-corrected chi connectivity index (χ2v) is 4.15. The zero-order chi connectivity index (χ0) is 18.6. The van der Waals surface area contributed by atoms with Gasteiger partial charge in [-0.25, -0.2) is 0 Å². The molecule has 0 aliphatic heterocycles. The Bertz CT molecular complexity index is 188. The number of hydrogen-bond acceptors (Lipinski definition) is 4. The summed E-state index contributed by atoms with van der Waals surface area (Å²) >= 11 is 0. The smallest absolute Gasteiger partial charge is 0.249 e. The van der Waals surface area contributed by atoms with E-state index in [0.717, 1.165) is 0 Å². The van der Waals surface area contributed by atoms with Crippen LogP contribution in [0.1, 0.15) is 41.5 Å². The Balaban J connectivity index is -0.000000102. The minimum absolute atomic E-state index is 1.27. The summed E-state index contributed by atoms with van der Waals surface area (Å²) in [5.41, 5.74) is 0. The van der Waals surface area contributed by atoms with Gasteiger partial charge in [0.15, 0.2) is 0 Å². The summed E-state index contributed by atoms with van der Waals surface area (Å²) in [4.78, 5) is 20.2. The van der Waals surface area contributed by atoms with Gasteiger partial charge in [-0.2, -0.15) is 0 Å². The summed E-state index contributed by atoms with van der Waals surface area (Å²) in [6, 6.07) is 0. The van der Waals surface area contributed by atoms with Gasteiger partial charge in [0.2, 0.25) is 12.3 Å². The van der Waals surface area contributed by atoms with Crippen molar-refractivity contribution in [1.29, 1.82) is 0 Å². The van der Waals surface area contributed by atoms with Crippen LogP contribution in [0.2, 0.25) is 0 Å². The third-order valence-electron chi connectivity index (χ3n) is 3.00. The number of carboxylic acid groups (broad SMARTS) is 4. The largest absolute Gasteiger partial charge is 0.565 e. The second kappa shape index (κ2) is 24.5. The van der Waals surface area contributed by atoms with Crippen LogP contribution in [0, 0.1) is 0 Å². The molecule has 0 radical (unpaired) electrons. The Hall–Kier alpha value is -1.54. The lowest BCUT2D eigenvalue weighted by atomic mass is 10.5. The third-order valence-corrected chi connectivity index (χ3v) is 3.00. The maximum atomic E-state index is 8.44. The minimum Gasteiger partial charge on any atom is -0.565 e. The molecule has 0 fully saturated rings. The summed E-state index contributed by atoms with van der Waals surface area (Å²) in [6.07, 6.45) is -4.17. The van der Waals surface area contributed by atoms with E-state index in [1.165, 1.54) is 39.3 Å². The highest BCUT2D eigenvalue weighted by atomic mass is 16.6. The number of carbonyl (C=O) groups is 2. The molecule has 22 heavy (non-hydrogen) atoms. The summed E-state index contributed by atoms with van der Waals surface area (Å²) in [5, 5.41) is 30.6. The lowest BCUT2D eigenvalue weighted by Gasteiger charge is -2.10. The summed E-state index contributed by atoms with van der Waals surface area (Å²) < 4.78 is 0. The highest BCUT2D eigenvalue weighted by Gasteiger charge is 1.93. The molecule has 0 unspecified atom stereocenters. The molecule has 0 rings (SSSR count). The molecule has 0 saturated carbocycles. The molecule has 0 saturated heterocycles. The topological polar surface area (TPSA) is 130 Å². The van der Waals surface area contributed by atoms with Gasteiger partial charge in [0.1, 0.15) is 0 Å². The van der Waals surface area contributed by atoms with Crippen LogP contribution < -0.4 is 20.0 Å². The van der Waals surface area contributed by atoms with Crippen LogP contribution >= 0.6 is 0 Å². The van der Waals surface area contributed by atoms with Gasteiger partial charge in [-0.15, -0.1) is 0 Å². The van der Waals surface area contributed by atoms with Crippen LogP contribution in [0.5, 0.6) is 0 Å². The molecule has 0 bridgehead atoms. The lowest BCUT2D eigenvalue weighted by Crippen LogP contribution is -3.11. The average Bonchev–Trinajstić information content (AvgIpc) is 2.42. The zero-order valence-corrected chi connectivity index (χ0v) is 14.8. The predicted molar refractivity (Wildman–Crippen MR) is 81.2 cm³/mol. The lowest BCUT2D eigenvalue weighted by molar-refractivity contribution is -0.894. The van der Waals surface area contributed by atoms with Crippen LogP contribution in [-0.4, -0.2) is 61.8 Å². The van der Waals surface area contributed by atoms with E-state index in [-0.39, 0.29) is 0 Å². The Morgan fingerprint density at radius 2 is 0.727 bits per heavy atom. The molecule has 136 valence electrons. The van der Waals surface area contributed by atoms with Crippen molar-refractivity contribution in [2.75, 3.05) is 39.3 Å². The number of rotatable bonds is 6. The van der Waals surface area contributed by atoms with E-state index in [1.54, 1.807) is 9.80 Å². The van der Waals surface area contributed by atoms with Gasteiger partial charge in [-0.05, 0) is 41.5 Å². The molecule has 0 aliphatic carbocycles. The Kier molecular flexibility index (Phi) is 31.8. The van der Waals surface area contributed by atoms with Crippen molar-refractivity contribution < 1.29 is 39.8 Å². The number of quaternary nitrogens is 2. The minimum atomic E-state index is -2.08. The molecular weight excluding hydrogens is 292 g/mol. The van der Waals surface area contributed by atoms with Gasteiger partial charge in [0, 0.05) is 0 Å². The molecule has 0 aromatic rings. The maximum Gasteiger partial charge on any atom is 0.249 e. The van der Waals surface area contributed by atoms with Crippen molar-refractivity contribution in [1.82, 2.24) is 0 Å². The fourth-order valence-electron chi connectivity index (χ4n) is 1.50. The van der Waals surface area contributed by atoms with Gasteiger partial charge in [0.25, 0.3) is 0 Å². The molecule has 0 aromatic carbocycles. The van der Waals surface area contributed by atoms with E-state index in [1.807, 2.05) is 0 Å². The van der Waals surface area contributed by atoms with Crippen molar-refractivity contribution in [3.05, 3.63) is 0 Å². The van der Waals surface area contributed by atoms with E-state index in [9.17, 15) is 0 Å². The molecule has 0 amide bonds. The first-order valence-electron chi connectivity index (χ1n) is 7.63. The summed E-state index contributed by atoms with van der Waals surface area (Å²) in [7, 11) is 0. The van der Waals surface area contributed by atoms with Crippen molar-refractivity contribution in [2.45, 2.75) is 41.5 Å². The van der Waals surface area contributed by atoms with Crippen LogP contribution in [0.4, 0.5) is 9.59 Å². The van der Waals surface area contributed by atoms with Crippen LogP contribution in [-0.2, 0) is 0 Å². The van der Waals surface area contributed by atoms with E-state index in [0.29, 0.717) is 0 Å². The molecule has 0 aliphatic rings. The SMILES string of the molecule is CC[NH+](CC)CC.CC[NH+](CC)CC.O=C([O-])O.O=C([O-])O. The van der Waals surface area contributed by atoms with E-state index in [2.05, 4.69) is 41.5 Å². The molecule has 0 heterocycles. The van der Waals surface area contributed by atoms with Crippen molar-refractivity contribution in [3.8, 4) is 0 Å². The second-order valence-electron chi connectivity index (χ2n) is 4.15. The van der Waals surface area contributed by atoms with E-state index in [4.69, 9.17) is 30.0 Å². The summed E-state index contributed by atoms with van der Waals surface area (Å²) in [5.74, 6) is 0. The Morgan fingerprint density at radius 1 is 0.636 bits per heavy atom. The van der Waals surface area contributed by atoms with Gasteiger partial charge in [-0.1, -0.05) is 0 Å². The molecule has 0 atom stereocenters. The third kappa shape index (κ3) is 51.4. The van der Waals surface area contributed by atoms with E-state index >= 15 is 0 Å². The average molecular weight is 326 g/mol. The van der Waals surface area contributed by atoms with Gasteiger partial charge >= 0.3 is 0 Å². The molecule has 8 heteroatoms. The van der Waals surface area contributed by atoms with E-state index < -0.39 is 12.3 Å². The van der Waals surface area contributed by atoms with Crippen molar-refractivity contribution in [3.63, 3.8) is 0 Å². The highest BCUT2D eigenvalue weighted by Crippen LogP contribution is 1.46.